The highest BCUT2D eigenvalue weighted by molar-refractivity contribution is 5.69. The lowest BCUT2D eigenvalue weighted by Gasteiger charge is -2.25. The van der Waals surface area contributed by atoms with Gasteiger partial charge >= 0.3 is 11.1 Å². The standard InChI is InChI=1S/C12H13FN4O2/c13-7-5-9-10(15-6-7)17(12(19)11(18)16-9)8-1-3-14-4-2-8/h5-6,8,14H,1-4H2,(H,16,18). The minimum absolute atomic E-state index is 0.0727. The van der Waals surface area contributed by atoms with Crippen molar-refractivity contribution in [2.45, 2.75) is 18.9 Å². The lowest BCUT2D eigenvalue weighted by atomic mass is 10.1. The molecule has 0 saturated carbocycles. The molecule has 1 saturated heterocycles. The molecule has 0 aromatic carbocycles. The number of fused-ring (bicyclic) bond motifs is 1. The summed E-state index contributed by atoms with van der Waals surface area (Å²) in [5, 5.41) is 3.19. The zero-order valence-corrected chi connectivity index (χ0v) is 10.1. The van der Waals surface area contributed by atoms with Crippen LogP contribution in [0.5, 0.6) is 0 Å². The number of aromatic nitrogens is 3. The van der Waals surface area contributed by atoms with E-state index in [9.17, 15) is 14.0 Å². The molecular formula is C12H13FN4O2. The van der Waals surface area contributed by atoms with E-state index in [4.69, 9.17) is 0 Å². The van der Waals surface area contributed by atoms with Crippen LogP contribution in [0.25, 0.3) is 11.2 Å². The Morgan fingerprint density at radius 1 is 1.32 bits per heavy atom. The van der Waals surface area contributed by atoms with Crippen LogP contribution in [-0.4, -0.2) is 27.6 Å². The van der Waals surface area contributed by atoms with Gasteiger partial charge in [0.05, 0.1) is 11.7 Å². The second-order valence-corrected chi connectivity index (χ2v) is 4.64. The van der Waals surface area contributed by atoms with E-state index in [0.29, 0.717) is 5.65 Å². The van der Waals surface area contributed by atoms with Gasteiger partial charge in [-0.25, -0.2) is 9.37 Å². The van der Waals surface area contributed by atoms with Crippen LogP contribution in [0.1, 0.15) is 18.9 Å². The second-order valence-electron chi connectivity index (χ2n) is 4.64. The van der Waals surface area contributed by atoms with Crippen LogP contribution < -0.4 is 16.4 Å². The van der Waals surface area contributed by atoms with Crippen molar-refractivity contribution in [3.63, 3.8) is 0 Å². The van der Waals surface area contributed by atoms with Crippen LogP contribution in [-0.2, 0) is 0 Å². The van der Waals surface area contributed by atoms with Crippen molar-refractivity contribution in [2.24, 2.45) is 0 Å². The number of nitrogens with one attached hydrogen (secondary N) is 2. The highest BCUT2D eigenvalue weighted by Gasteiger charge is 2.20. The van der Waals surface area contributed by atoms with E-state index in [-0.39, 0.29) is 11.6 Å². The summed E-state index contributed by atoms with van der Waals surface area (Å²) >= 11 is 0. The predicted octanol–water partition coefficient (Wildman–Crippen LogP) is 0.148. The Bertz CT molecular complexity index is 731. The molecule has 1 fully saturated rings. The molecule has 100 valence electrons. The van der Waals surface area contributed by atoms with E-state index >= 15 is 0 Å². The monoisotopic (exact) mass is 264 g/mol. The first kappa shape index (κ1) is 12.0. The number of pyridine rings is 1. The first-order valence-electron chi connectivity index (χ1n) is 6.17. The lowest BCUT2D eigenvalue weighted by Crippen LogP contribution is -2.41. The van der Waals surface area contributed by atoms with Gasteiger partial charge in [-0.1, -0.05) is 0 Å². The van der Waals surface area contributed by atoms with Gasteiger partial charge in [-0.05, 0) is 25.9 Å². The highest BCUT2D eigenvalue weighted by Crippen LogP contribution is 2.19. The van der Waals surface area contributed by atoms with Crippen molar-refractivity contribution in [3.8, 4) is 0 Å². The van der Waals surface area contributed by atoms with Crippen molar-refractivity contribution in [2.75, 3.05) is 13.1 Å². The summed E-state index contributed by atoms with van der Waals surface area (Å²) < 4.78 is 14.6. The molecule has 1 aliphatic heterocycles. The molecule has 0 radical (unpaired) electrons. The molecule has 0 atom stereocenters. The van der Waals surface area contributed by atoms with Crippen LogP contribution in [0.2, 0.25) is 0 Å². The van der Waals surface area contributed by atoms with Crippen LogP contribution in [0.15, 0.2) is 21.9 Å². The summed E-state index contributed by atoms with van der Waals surface area (Å²) in [5.74, 6) is -0.543. The third-order valence-electron chi connectivity index (χ3n) is 3.40. The van der Waals surface area contributed by atoms with Gasteiger partial charge in [0, 0.05) is 12.1 Å². The van der Waals surface area contributed by atoms with Crippen LogP contribution in [0.4, 0.5) is 4.39 Å². The molecule has 2 N–H and O–H groups in total. The molecule has 0 bridgehead atoms. The Labute approximate surface area is 107 Å². The number of halogens is 1. The normalized spacial score (nSPS) is 16.9. The molecule has 0 aliphatic carbocycles. The zero-order chi connectivity index (χ0) is 13.4. The molecule has 1 aliphatic rings. The number of hydrogen-bond acceptors (Lipinski definition) is 4. The van der Waals surface area contributed by atoms with Crippen molar-refractivity contribution in [3.05, 3.63) is 38.8 Å². The average molecular weight is 264 g/mol. The fraction of sp³-hybridized carbons (Fsp3) is 0.417. The van der Waals surface area contributed by atoms with Gasteiger partial charge in [-0.2, -0.15) is 0 Å². The van der Waals surface area contributed by atoms with Gasteiger partial charge < -0.3 is 10.3 Å². The van der Waals surface area contributed by atoms with Crippen molar-refractivity contribution in [1.29, 1.82) is 0 Å². The molecule has 2 aromatic rings. The Morgan fingerprint density at radius 2 is 2.05 bits per heavy atom. The van der Waals surface area contributed by atoms with Gasteiger partial charge in [-0.3, -0.25) is 14.2 Å². The Hall–Kier alpha value is -2.02. The number of rotatable bonds is 1. The van der Waals surface area contributed by atoms with E-state index in [1.807, 2.05) is 0 Å². The lowest BCUT2D eigenvalue weighted by molar-refractivity contribution is 0.366. The summed E-state index contributed by atoms with van der Waals surface area (Å²) in [5.41, 5.74) is -0.780. The van der Waals surface area contributed by atoms with Crippen LogP contribution in [0, 0.1) is 5.82 Å². The quantitative estimate of drug-likeness (QED) is 0.718. The summed E-state index contributed by atoms with van der Waals surface area (Å²) in [4.78, 5) is 30.0. The predicted molar refractivity (Wildman–Crippen MR) is 67.7 cm³/mol. The molecule has 3 heterocycles. The molecule has 0 amide bonds. The molecule has 6 nitrogen and oxygen atoms in total. The Kier molecular flexibility index (Phi) is 2.90. The number of nitrogens with zero attached hydrogens (tertiary/aromatic N) is 2. The topological polar surface area (TPSA) is 79.8 Å². The van der Waals surface area contributed by atoms with Gasteiger partial charge in [-0.15, -0.1) is 0 Å². The third kappa shape index (κ3) is 2.06. The number of H-pyrrole nitrogens is 1. The second kappa shape index (κ2) is 4.58. The number of piperidine rings is 1. The van der Waals surface area contributed by atoms with Gasteiger partial charge in [0.1, 0.15) is 5.82 Å². The van der Waals surface area contributed by atoms with Gasteiger partial charge in [0.25, 0.3) is 0 Å². The third-order valence-corrected chi connectivity index (χ3v) is 3.40. The van der Waals surface area contributed by atoms with Crippen molar-refractivity contribution >= 4 is 11.2 Å². The average Bonchev–Trinajstić information content (AvgIpc) is 2.41. The Morgan fingerprint density at radius 3 is 2.79 bits per heavy atom. The summed E-state index contributed by atoms with van der Waals surface area (Å²) in [6, 6.07) is 1.11. The van der Waals surface area contributed by atoms with Crippen molar-refractivity contribution < 1.29 is 4.39 Å². The maximum atomic E-state index is 13.2. The fourth-order valence-electron chi connectivity index (χ4n) is 2.50. The van der Waals surface area contributed by atoms with E-state index < -0.39 is 16.9 Å². The molecule has 2 aromatic heterocycles. The molecule has 3 rings (SSSR count). The number of hydrogen-bond donors (Lipinski definition) is 2. The van der Waals surface area contributed by atoms with Crippen LogP contribution >= 0.6 is 0 Å². The Balaban J connectivity index is 2.28. The van der Waals surface area contributed by atoms with E-state index in [1.165, 1.54) is 10.6 Å². The largest absolute Gasteiger partial charge is 0.318 e. The van der Waals surface area contributed by atoms with Crippen LogP contribution in [0.3, 0.4) is 0 Å². The highest BCUT2D eigenvalue weighted by atomic mass is 19.1. The zero-order valence-electron chi connectivity index (χ0n) is 10.1. The molecule has 7 heteroatoms. The van der Waals surface area contributed by atoms with Gasteiger partial charge in [0.15, 0.2) is 5.65 Å². The first-order valence-corrected chi connectivity index (χ1v) is 6.17. The van der Waals surface area contributed by atoms with Gasteiger partial charge in [0.2, 0.25) is 0 Å². The molecule has 0 unspecified atom stereocenters. The summed E-state index contributed by atoms with van der Waals surface area (Å²) in [6.45, 7) is 1.57. The summed E-state index contributed by atoms with van der Waals surface area (Å²) in [6.07, 6.45) is 2.55. The number of aromatic amines is 1. The minimum atomic E-state index is -0.738. The molecule has 0 spiro atoms. The van der Waals surface area contributed by atoms with E-state index in [0.717, 1.165) is 32.1 Å². The van der Waals surface area contributed by atoms with E-state index in [2.05, 4.69) is 15.3 Å². The first-order chi connectivity index (χ1) is 9.16. The molecular weight excluding hydrogens is 251 g/mol. The van der Waals surface area contributed by atoms with E-state index in [1.54, 1.807) is 0 Å². The summed E-state index contributed by atoms with van der Waals surface area (Å²) in [7, 11) is 0. The maximum Gasteiger partial charge on any atom is 0.318 e. The smallest absolute Gasteiger partial charge is 0.317 e. The molecule has 19 heavy (non-hydrogen) atoms. The minimum Gasteiger partial charge on any atom is -0.317 e. The SMILES string of the molecule is O=c1[nH]c2cc(F)cnc2n(C2CCNCC2)c1=O. The van der Waals surface area contributed by atoms with Crippen molar-refractivity contribution in [1.82, 2.24) is 19.9 Å². The fourth-order valence-corrected chi connectivity index (χ4v) is 2.50. The maximum absolute atomic E-state index is 13.2.